The molecular weight excluding hydrogens is 441 g/mol. The number of aryl methyl sites for hydroxylation is 1. The average Bonchev–Trinajstić information content (AvgIpc) is 3.06. The standard InChI is InChI=1S/C21H23F3N6O3/c1-9-4-27-6-13(17(9)30-7-10(2)18(31)12(25)8-30)29-20(32)15-16-14(33-19(15)26)3-11(5-28-16)21(22,23)24/h3-6,10,12,18,31H,7-8,25-26H2,1-2H3,(H,29,32). The van der Waals surface area contributed by atoms with Crippen LogP contribution >= 0.6 is 0 Å². The summed E-state index contributed by atoms with van der Waals surface area (Å²) in [5.74, 6) is -1.17. The van der Waals surface area contributed by atoms with Crippen molar-refractivity contribution >= 4 is 34.3 Å². The van der Waals surface area contributed by atoms with Crippen LogP contribution < -0.4 is 21.7 Å². The molecule has 4 rings (SSSR count). The van der Waals surface area contributed by atoms with E-state index in [1.165, 1.54) is 6.20 Å². The van der Waals surface area contributed by atoms with Gasteiger partial charge in [0.25, 0.3) is 5.91 Å². The lowest BCUT2D eigenvalue weighted by molar-refractivity contribution is -0.137. The molecule has 0 aromatic carbocycles. The van der Waals surface area contributed by atoms with Crippen molar-refractivity contribution in [3.63, 3.8) is 0 Å². The van der Waals surface area contributed by atoms with Gasteiger partial charge in [0, 0.05) is 37.4 Å². The number of hydrogen-bond donors (Lipinski definition) is 4. The first kappa shape index (κ1) is 22.8. The van der Waals surface area contributed by atoms with Gasteiger partial charge < -0.3 is 31.2 Å². The van der Waals surface area contributed by atoms with Crippen LogP contribution in [0.25, 0.3) is 11.1 Å². The summed E-state index contributed by atoms with van der Waals surface area (Å²) in [6.07, 6.45) is -1.56. The molecule has 1 amide bonds. The molecule has 1 aliphatic heterocycles. The van der Waals surface area contributed by atoms with Crippen LogP contribution in [-0.2, 0) is 6.18 Å². The van der Waals surface area contributed by atoms with Gasteiger partial charge in [-0.15, -0.1) is 0 Å². The minimum Gasteiger partial charge on any atom is -0.438 e. The molecule has 3 atom stereocenters. The molecule has 3 aromatic rings. The fraction of sp³-hybridized carbons (Fsp3) is 0.381. The number of piperidine rings is 1. The number of anilines is 3. The summed E-state index contributed by atoms with van der Waals surface area (Å²) in [6.45, 7) is 4.56. The van der Waals surface area contributed by atoms with Gasteiger partial charge in [-0.05, 0) is 18.6 Å². The number of nitrogen functional groups attached to an aromatic ring is 1. The Kier molecular flexibility index (Phi) is 5.66. The number of halogens is 3. The van der Waals surface area contributed by atoms with E-state index >= 15 is 0 Å². The van der Waals surface area contributed by atoms with Crippen molar-refractivity contribution in [1.82, 2.24) is 9.97 Å². The first-order chi connectivity index (χ1) is 15.5. The number of carbonyl (C=O) groups excluding carboxylic acids is 1. The maximum Gasteiger partial charge on any atom is 0.418 e. The molecule has 176 valence electrons. The molecule has 0 radical (unpaired) electrons. The zero-order valence-electron chi connectivity index (χ0n) is 17.8. The third-order valence-electron chi connectivity index (χ3n) is 5.74. The van der Waals surface area contributed by atoms with Crippen molar-refractivity contribution in [3.05, 3.63) is 41.3 Å². The minimum absolute atomic E-state index is 0.0862. The Morgan fingerprint density at radius 3 is 2.70 bits per heavy atom. The van der Waals surface area contributed by atoms with E-state index in [2.05, 4.69) is 15.3 Å². The van der Waals surface area contributed by atoms with E-state index in [-0.39, 0.29) is 28.5 Å². The van der Waals surface area contributed by atoms with E-state index in [0.717, 1.165) is 11.6 Å². The van der Waals surface area contributed by atoms with Crippen LogP contribution in [0.4, 0.5) is 30.4 Å². The number of nitrogens with one attached hydrogen (secondary N) is 1. The molecule has 1 saturated heterocycles. The zero-order chi connectivity index (χ0) is 24.1. The van der Waals surface area contributed by atoms with Gasteiger partial charge in [-0.3, -0.25) is 14.8 Å². The summed E-state index contributed by atoms with van der Waals surface area (Å²) in [6, 6.07) is 0.266. The number of hydrogen-bond acceptors (Lipinski definition) is 8. The Morgan fingerprint density at radius 1 is 1.30 bits per heavy atom. The van der Waals surface area contributed by atoms with Gasteiger partial charge in [0.05, 0.1) is 29.2 Å². The number of fused-ring (bicyclic) bond motifs is 1. The van der Waals surface area contributed by atoms with Gasteiger partial charge in [0.1, 0.15) is 11.1 Å². The Bertz CT molecular complexity index is 1200. The molecule has 12 heteroatoms. The van der Waals surface area contributed by atoms with E-state index in [1.807, 2.05) is 18.7 Å². The molecule has 3 aromatic heterocycles. The van der Waals surface area contributed by atoms with E-state index in [0.29, 0.717) is 30.7 Å². The number of nitrogens with two attached hydrogens (primary N) is 2. The van der Waals surface area contributed by atoms with Crippen LogP contribution in [0.1, 0.15) is 28.4 Å². The predicted molar refractivity (Wildman–Crippen MR) is 116 cm³/mol. The molecular formula is C21H23F3N6O3. The maximum atomic E-state index is 13.1. The topological polar surface area (TPSA) is 144 Å². The Labute approximate surface area is 186 Å². The van der Waals surface area contributed by atoms with Crippen molar-refractivity contribution < 1.29 is 27.5 Å². The lowest BCUT2D eigenvalue weighted by Gasteiger charge is -2.41. The summed E-state index contributed by atoms with van der Waals surface area (Å²) >= 11 is 0. The van der Waals surface area contributed by atoms with Crippen LogP contribution in [0.15, 0.2) is 29.1 Å². The Morgan fingerprint density at radius 2 is 2.03 bits per heavy atom. The van der Waals surface area contributed by atoms with E-state index < -0.39 is 29.8 Å². The predicted octanol–water partition coefficient (Wildman–Crippen LogP) is 2.53. The van der Waals surface area contributed by atoms with Gasteiger partial charge >= 0.3 is 6.18 Å². The highest BCUT2D eigenvalue weighted by Crippen LogP contribution is 2.36. The molecule has 1 fully saturated rings. The molecule has 1 aliphatic rings. The number of aromatic nitrogens is 2. The molecule has 9 nitrogen and oxygen atoms in total. The number of aliphatic hydroxyl groups is 1. The minimum atomic E-state index is -4.62. The van der Waals surface area contributed by atoms with Crippen LogP contribution in [0.2, 0.25) is 0 Å². The highest BCUT2D eigenvalue weighted by atomic mass is 19.4. The molecule has 33 heavy (non-hydrogen) atoms. The molecule has 0 saturated carbocycles. The molecule has 3 unspecified atom stereocenters. The second kappa shape index (κ2) is 8.19. The lowest BCUT2D eigenvalue weighted by atomic mass is 9.92. The first-order valence-electron chi connectivity index (χ1n) is 10.2. The number of furan rings is 1. The number of pyridine rings is 2. The normalized spacial score (nSPS) is 21.4. The number of alkyl halides is 3. The van der Waals surface area contributed by atoms with Gasteiger partial charge in [-0.1, -0.05) is 6.92 Å². The molecule has 4 heterocycles. The summed E-state index contributed by atoms with van der Waals surface area (Å²) < 4.78 is 44.1. The average molecular weight is 464 g/mol. The van der Waals surface area contributed by atoms with E-state index in [9.17, 15) is 23.1 Å². The first-order valence-corrected chi connectivity index (χ1v) is 10.2. The van der Waals surface area contributed by atoms with Gasteiger partial charge in [0.2, 0.25) is 5.88 Å². The van der Waals surface area contributed by atoms with Crippen LogP contribution in [0.3, 0.4) is 0 Å². The second-order valence-corrected chi connectivity index (χ2v) is 8.25. The Hall–Kier alpha value is -3.38. The third-order valence-corrected chi connectivity index (χ3v) is 5.74. The van der Waals surface area contributed by atoms with Gasteiger partial charge in [-0.2, -0.15) is 13.2 Å². The zero-order valence-corrected chi connectivity index (χ0v) is 17.8. The van der Waals surface area contributed by atoms with Crippen LogP contribution in [-0.4, -0.2) is 46.2 Å². The lowest BCUT2D eigenvalue weighted by Crippen LogP contribution is -2.55. The van der Waals surface area contributed by atoms with E-state index in [4.69, 9.17) is 15.9 Å². The van der Waals surface area contributed by atoms with Crippen LogP contribution in [0, 0.1) is 12.8 Å². The Balaban J connectivity index is 1.68. The second-order valence-electron chi connectivity index (χ2n) is 8.25. The molecule has 6 N–H and O–H groups in total. The maximum absolute atomic E-state index is 13.1. The van der Waals surface area contributed by atoms with Crippen LogP contribution in [0.5, 0.6) is 0 Å². The molecule has 0 bridgehead atoms. The highest BCUT2D eigenvalue weighted by molar-refractivity contribution is 6.15. The fourth-order valence-electron chi connectivity index (χ4n) is 4.12. The van der Waals surface area contributed by atoms with Crippen molar-refractivity contribution in [2.75, 3.05) is 29.0 Å². The van der Waals surface area contributed by atoms with Gasteiger partial charge in [0.15, 0.2) is 5.58 Å². The van der Waals surface area contributed by atoms with Crippen molar-refractivity contribution in [2.45, 2.75) is 32.2 Å². The highest BCUT2D eigenvalue weighted by Gasteiger charge is 2.34. The molecule has 0 aliphatic carbocycles. The summed E-state index contributed by atoms with van der Waals surface area (Å²) in [4.78, 5) is 22.9. The largest absolute Gasteiger partial charge is 0.438 e. The van der Waals surface area contributed by atoms with Crippen molar-refractivity contribution in [3.8, 4) is 0 Å². The summed E-state index contributed by atoms with van der Waals surface area (Å²) in [5.41, 5.74) is 12.2. The number of aliphatic hydroxyl groups excluding tert-OH is 1. The number of amides is 1. The number of carbonyl (C=O) groups is 1. The number of rotatable bonds is 3. The fourth-order valence-corrected chi connectivity index (χ4v) is 4.12. The number of nitrogens with zero attached hydrogens (tertiary/aromatic N) is 3. The van der Waals surface area contributed by atoms with Crippen molar-refractivity contribution in [2.24, 2.45) is 11.7 Å². The third kappa shape index (κ3) is 4.18. The van der Waals surface area contributed by atoms with E-state index in [1.54, 1.807) is 6.20 Å². The quantitative estimate of drug-likeness (QED) is 0.463. The molecule has 0 spiro atoms. The van der Waals surface area contributed by atoms with Crippen molar-refractivity contribution in [1.29, 1.82) is 0 Å². The SMILES string of the molecule is Cc1cncc(NC(=O)c2c(N)oc3cc(C(F)(F)F)cnc23)c1N1CC(C)C(O)C(N)C1. The van der Waals surface area contributed by atoms with Gasteiger partial charge in [-0.25, -0.2) is 0 Å². The monoisotopic (exact) mass is 464 g/mol. The summed E-state index contributed by atoms with van der Waals surface area (Å²) in [7, 11) is 0. The summed E-state index contributed by atoms with van der Waals surface area (Å²) in [5, 5.41) is 12.9. The smallest absolute Gasteiger partial charge is 0.418 e.